The highest BCUT2D eigenvalue weighted by atomic mass is 35.5. The summed E-state index contributed by atoms with van der Waals surface area (Å²) in [6, 6.07) is 4.96. The largest absolute Gasteiger partial charge is 0.316 e. The van der Waals surface area contributed by atoms with Crippen molar-refractivity contribution in [3.05, 3.63) is 33.8 Å². The molecule has 1 fully saturated rings. The van der Waals surface area contributed by atoms with Gasteiger partial charge < -0.3 is 5.32 Å². The molecule has 1 nitrogen and oxygen atoms in total. The molecule has 1 heterocycles. The minimum atomic E-state index is -1.03. The summed E-state index contributed by atoms with van der Waals surface area (Å²) in [5.41, 5.74) is 0.517. The van der Waals surface area contributed by atoms with Crippen LogP contribution in [0, 0.1) is 5.92 Å². The first-order chi connectivity index (χ1) is 7.68. The first-order valence-electron chi connectivity index (χ1n) is 5.48. The van der Waals surface area contributed by atoms with E-state index in [2.05, 4.69) is 5.32 Å². The van der Waals surface area contributed by atoms with E-state index in [-0.39, 0.29) is 5.92 Å². The second-order valence-corrected chi connectivity index (χ2v) is 5.02. The predicted octanol–water partition coefficient (Wildman–Crippen LogP) is 4.00. The third kappa shape index (κ3) is 2.68. The summed E-state index contributed by atoms with van der Waals surface area (Å²) < 4.78 is 14.3. The molecule has 2 rings (SSSR count). The Balaban J connectivity index is 2.18. The average Bonchev–Trinajstić information content (AvgIpc) is 2.32. The molecular weight excluding hydrogens is 248 g/mol. The monoisotopic (exact) mass is 261 g/mol. The molecule has 1 aromatic rings. The van der Waals surface area contributed by atoms with Crippen molar-refractivity contribution in [1.82, 2.24) is 5.32 Å². The maximum absolute atomic E-state index is 14.3. The fourth-order valence-corrected chi connectivity index (χ4v) is 2.51. The molecule has 4 heteroatoms. The van der Waals surface area contributed by atoms with Gasteiger partial charge >= 0.3 is 0 Å². The Hall–Kier alpha value is -0.310. The Bertz CT molecular complexity index is 364. The molecule has 1 aliphatic heterocycles. The Labute approximate surface area is 105 Å². The van der Waals surface area contributed by atoms with Gasteiger partial charge in [-0.3, -0.25) is 0 Å². The van der Waals surface area contributed by atoms with E-state index >= 15 is 0 Å². The lowest BCUT2D eigenvalue weighted by Gasteiger charge is -2.26. The molecule has 2 unspecified atom stereocenters. The van der Waals surface area contributed by atoms with Gasteiger partial charge in [0, 0.05) is 28.1 Å². The highest BCUT2D eigenvalue weighted by molar-refractivity contribution is 6.33. The van der Waals surface area contributed by atoms with Crippen molar-refractivity contribution in [2.24, 2.45) is 5.92 Å². The number of hydrogen-bond donors (Lipinski definition) is 1. The van der Waals surface area contributed by atoms with Crippen LogP contribution < -0.4 is 5.32 Å². The number of piperidine rings is 1. The van der Waals surface area contributed by atoms with Gasteiger partial charge in [0.1, 0.15) is 6.17 Å². The number of halogens is 3. The van der Waals surface area contributed by atoms with Crippen LogP contribution in [-0.2, 0) is 0 Å². The molecule has 0 amide bonds. The second-order valence-electron chi connectivity index (χ2n) is 4.17. The first kappa shape index (κ1) is 12.2. The van der Waals surface area contributed by atoms with Crippen molar-refractivity contribution in [2.75, 3.05) is 13.1 Å². The maximum atomic E-state index is 14.3. The van der Waals surface area contributed by atoms with Gasteiger partial charge in [0.15, 0.2) is 0 Å². The third-order valence-corrected chi connectivity index (χ3v) is 3.58. The number of rotatable bonds is 2. The minimum Gasteiger partial charge on any atom is -0.316 e. The summed E-state index contributed by atoms with van der Waals surface area (Å²) >= 11 is 11.9. The van der Waals surface area contributed by atoms with E-state index in [0.717, 1.165) is 19.4 Å². The number of nitrogens with one attached hydrogen (secondary N) is 1. The topological polar surface area (TPSA) is 12.0 Å². The van der Waals surface area contributed by atoms with Crippen molar-refractivity contribution in [3.63, 3.8) is 0 Å². The van der Waals surface area contributed by atoms with Crippen LogP contribution in [0.25, 0.3) is 0 Å². The van der Waals surface area contributed by atoms with Crippen LogP contribution in [0.2, 0.25) is 10.0 Å². The zero-order chi connectivity index (χ0) is 11.5. The quantitative estimate of drug-likeness (QED) is 0.849. The van der Waals surface area contributed by atoms with Crippen molar-refractivity contribution >= 4 is 23.2 Å². The second kappa shape index (κ2) is 5.35. The van der Waals surface area contributed by atoms with E-state index in [1.165, 1.54) is 0 Å². The van der Waals surface area contributed by atoms with E-state index in [0.29, 0.717) is 22.2 Å². The smallest absolute Gasteiger partial charge is 0.131 e. The van der Waals surface area contributed by atoms with E-state index in [9.17, 15) is 4.39 Å². The van der Waals surface area contributed by atoms with Gasteiger partial charge in [-0.2, -0.15) is 0 Å². The van der Waals surface area contributed by atoms with Crippen molar-refractivity contribution in [1.29, 1.82) is 0 Å². The van der Waals surface area contributed by atoms with Crippen LogP contribution in [-0.4, -0.2) is 13.1 Å². The van der Waals surface area contributed by atoms with Gasteiger partial charge in [-0.15, -0.1) is 0 Å². The molecule has 1 aromatic carbocycles. The summed E-state index contributed by atoms with van der Waals surface area (Å²) in [5.74, 6) is 0.00437. The van der Waals surface area contributed by atoms with Crippen LogP contribution in [0.5, 0.6) is 0 Å². The van der Waals surface area contributed by atoms with E-state index in [1.807, 2.05) is 0 Å². The Morgan fingerprint density at radius 1 is 1.38 bits per heavy atom. The lowest BCUT2D eigenvalue weighted by molar-refractivity contribution is 0.194. The molecular formula is C12H14Cl2FN. The van der Waals surface area contributed by atoms with Crippen molar-refractivity contribution in [3.8, 4) is 0 Å². The third-order valence-electron chi connectivity index (χ3n) is 3.00. The SMILES string of the molecule is FC(c1cc(Cl)ccc1Cl)C1CCCNC1. The van der Waals surface area contributed by atoms with E-state index in [4.69, 9.17) is 23.2 Å². The fraction of sp³-hybridized carbons (Fsp3) is 0.500. The van der Waals surface area contributed by atoms with Gasteiger partial charge in [-0.05, 0) is 37.6 Å². The number of hydrogen-bond acceptors (Lipinski definition) is 1. The molecule has 2 atom stereocenters. The molecule has 0 aromatic heterocycles. The summed E-state index contributed by atoms with van der Waals surface area (Å²) in [5, 5.41) is 4.20. The van der Waals surface area contributed by atoms with Crippen LogP contribution >= 0.6 is 23.2 Å². The molecule has 1 aliphatic rings. The fourth-order valence-electron chi connectivity index (χ4n) is 2.11. The highest BCUT2D eigenvalue weighted by Crippen LogP contribution is 2.36. The van der Waals surface area contributed by atoms with Crippen LogP contribution in [0.1, 0.15) is 24.6 Å². The van der Waals surface area contributed by atoms with Crippen LogP contribution in [0.3, 0.4) is 0 Å². The Morgan fingerprint density at radius 3 is 2.88 bits per heavy atom. The van der Waals surface area contributed by atoms with Gasteiger partial charge in [0.05, 0.1) is 0 Å². The summed E-state index contributed by atoms with van der Waals surface area (Å²) in [6.07, 6.45) is 0.888. The number of alkyl halides is 1. The zero-order valence-electron chi connectivity index (χ0n) is 8.85. The maximum Gasteiger partial charge on any atom is 0.131 e. The Morgan fingerprint density at radius 2 is 2.19 bits per heavy atom. The Kier molecular flexibility index (Phi) is 4.06. The normalized spacial score (nSPS) is 23.1. The lowest BCUT2D eigenvalue weighted by atomic mass is 9.90. The summed E-state index contributed by atoms with van der Waals surface area (Å²) in [6.45, 7) is 1.69. The van der Waals surface area contributed by atoms with Crippen molar-refractivity contribution in [2.45, 2.75) is 19.0 Å². The lowest BCUT2D eigenvalue weighted by Crippen LogP contribution is -2.32. The van der Waals surface area contributed by atoms with Gasteiger partial charge in [-0.25, -0.2) is 4.39 Å². The molecule has 0 saturated carbocycles. The molecule has 0 bridgehead atoms. The molecule has 0 radical (unpaired) electrons. The molecule has 1 saturated heterocycles. The minimum absolute atomic E-state index is 0.00437. The van der Waals surface area contributed by atoms with Gasteiger partial charge in [0.2, 0.25) is 0 Å². The highest BCUT2D eigenvalue weighted by Gasteiger charge is 2.26. The summed E-state index contributed by atoms with van der Waals surface area (Å²) in [4.78, 5) is 0. The van der Waals surface area contributed by atoms with Crippen LogP contribution in [0.15, 0.2) is 18.2 Å². The molecule has 88 valence electrons. The molecule has 0 aliphatic carbocycles. The van der Waals surface area contributed by atoms with Gasteiger partial charge in [-0.1, -0.05) is 23.2 Å². The molecule has 1 N–H and O–H groups in total. The van der Waals surface area contributed by atoms with Crippen molar-refractivity contribution < 1.29 is 4.39 Å². The first-order valence-corrected chi connectivity index (χ1v) is 6.24. The standard InChI is InChI=1S/C12H14Cl2FN/c13-9-3-4-11(14)10(6-9)12(15)8-2-1-5-16-7-8/h3-4,6,8,12,16H,1-2,5,7H2. The van der Waals surface area contributed by atoms with Crippen LogP contribution in [0.4, 0.5) is 4.39 Å². The van der Waals surface area contributed by atoms with E-state index < -0.39 is 6.17 Å². The van der Waals surface area contributed by atoms with E-state index in [1.54, 1.807) is 18.2 Å². The predicted molar refractivity (Wildman–Crippen MR) is 65.9 cm³/mol. The molecule has 0 spiro atoms. The average molecular weight is 262 g/mol. The van der Waals surface area contributed by atoms with Gasteiger partial charge in [0.25, 0.3) is 0 Å². The number of benzene rings is 1. The zero-order valence-corrected chi connectivity index (χ0v) is 10.4. The molecule has 16 heavy (non-hydrogen) atoms. The summed E-state index contributed by atoms with van der Waals surface area (Å²) in [7, 11) is 0.